The SMILES string of the molecule is CC(CCN1CC=C(c2ccccc2)CC1)(c1ccccc1)c1ccccc1. The molecule has 0 radical (unpaired) electrons. The van der Waals surface area contributed by atoms with Gasteiger partial charge >= 0.3 is 0 Å². The van der Waals surface area contributed by atoms with Crippen LogP contribution in [0.5, 0.6) is 0 Å². The second-order valence-electron chi connectivity index (χ2n) is 7.96. The van der Waals surface area contributed by atoms with Gasteiger partial charge in [0, 0.05) is 18.5 Å². The molecule has 1 nitrogen and oxygen atoms in total. The van der Waals surface area contributed by atoms with Crippen molar-refractivity contribution in [2.75, 3.05) is 19.6 Å². The van der Waals surface area contributed by atoms with Crippen LogP contribution in [-0.2, 0) is 5.41 Å². The summed E-state index contributed by atoms with van der Waals surface area (Å²) in [7, 11) is 0. The minimum absolute atomic E-state index is 0.0337. The second-order valence-corrected chi connectivity index (χ2v) is 7.96. The molecule has 0 aliphatic carbocycles. The molecule has 1 aliphatic heterocycles. The molecule has 0 atom stereocenters. The van der Waals surface area contributed by atoms with Crippen LogP contribution in [0.3, 0.4) is 0 Å². The zero-order chi connectivity index (χ0) is 19.2. The first-order chi connectivity index (χ1) is 13.8. The average molecular weight is 368 g/mol. The van der Waals surface area contributed by atoms with Gasteiger partial charge in [-0.1, -0.05) is 104 Å². The van der Waals surface area contributed by atoms with E-state index in [0.29, 0.717) is 0 Å². The number of nitrogens with zero attached hydrogens (tertiary/aromatic N) is 1. The summed E-state index contributed by atoms with van der Waals surface area (Å²) in [5.41, 5.74) is 5.70. The van der Waals surface area contributed by atoms with Gasteiger partial charge in [0.2, 0.25) is 0 Å². The first kappa shape index (κ1) is 18.7. The molecule has 0 spiro atoms. The number of rotatable bonds is 6. The van der Waals surface area contributed by atoms with E-state index in [-0.39, 0.29) is 5.41 Å². The Bertz CT molecular complexity index is 857. The van der Waals surface area contributed by atoms with Crippen molar-refractivity contribution in [1.82, 2.24) is 4.90 Å². The van der Waals surface area contributed by atoms with Gasteiger partial charge in [-0.2, -0.15) is 0 Å². The molecule has 142 valence electrons. The van der Waals surface area contributed by atoms with E-state index in [4.69, 9.17) is 0 Å². The highest BCUT2D eigenvalue weighted by molar-refractivity contribution is 5.66. The highest BCUT2D eigenvalue weighted by Gasteiger charge is 2.29. The molecule has 0 saturated carbocycles. The molecule has 3 aromatic carbocycles. The predicted molar refractivity (Wildman–Crippen MR) is 119 cm³/mol. The van der Waals surface area contributed by atoms with Crippen LogP contribution >= 0.6 is 0 Å². The molecule has 0 N–H and O–H groups in total. The molecule has 4 rings (SSSR count). The summed E-state index contributed by atoms with van der Waals surface area (Å²) in [6, 6.07) is 32.8. The van der Waals surface area contributed by atoms with Crippen LogP contribution < -0.4 is 0 Å². The van der Waals surface area contributed by atoms with Crippen LogP contribution in [0.4, 0.5) is 0 Å². The van der Waals surface area contributed by atoms with Crippen molar-refractivity contribution in [3.8, 4) is 0 Å². The van der Waals surface area contributed by atoms with Crippen LogP contribution in [0.1, 0.15) is 36.5 Å². The van der Waals surface area contributed by atoms with E-state index >= 15 is 0 Å². The fraction of sp³-hybridized carbons (Fsp3) is 0.259. The number of hydrogen-bond acceptors (Lipinski definition) is 1. The summed E-state index contributed by atoms with van der Waals surface area (Å²) in [5, 5.41) is 0. The normalized spacial score (nSPS) is 15.2. The maximum Gasteiger partial charge on any atom is 0.0186 e. The van der Waals surface area contributed by atoms with Crippen molar-refractivity contribution >= 4 is 5.57 Å². The van der Waals surface area contributed by atoms with Gasteiger partial charge in [0.25, 0.3) is 0 Å². The van der Waals surface area contributed by atoms with Crippen molar-refractivity contribution < 1.29 is 0 Å². The summed E-state index contributed by atoms with van der Waals surface area (Å²) in [5.74, 6) is 0. The van der Waals surface area contributed by atoms with E-state index in [2.05, 4.69) is 109 Å². The lowest BCUT2D eigenvalue weighted by molar-refractivity contribution is 0.275. The molecular weight excluding hydrogens is 338 g/mol. The molecule has 0 unspecified atom stereocenters. The Hall–Kier alpha value is -2.64. The van der Waals surface area contributed by atoms with Gasteiger partial charge in [-0.25, -0.2) is 0 Å². The van der Waals surface area contributed by atoms with Crippen molar-refractivity contribution in [2.24, 2.45) is 0 Å². The van der Waals surface area contributed by atoms with E-state index in [0.717, 1.165) is 32.5 Å². The first-order valence-electron chi connectivity index (χ1n) is 10.3. The highest BCUT2D eigenvalue weighted by Crippen LogP contribution is 2.35. The van der Waals surface area contributed by atoms with Gasteiger partial charge < -0.3 is 0 Å². The minimum atomic E-state index is 0.0337. The van der Waals surface area contributed by atoms with E-state index in [1.165, 1.54) is 22.3 Å². The Morgan fingerprint density at radius 3 is 1.79 bits per heavy atom. The van der Waals surface area contributed by atoms with Gasteiger partial charge in [0.15, 0.2) is 0 Å². The average Bonchev–Trinajstić information content (AvgIpc) is 2.79. The van der Waals surface area contributed by atoms with Gasteiger partial charge in [-0.15, -0.1) is 0 Å². The number of hydrogen-bond donors (Lipinski definition) is 0. The highest BCUT2D eigenvalue weighted by atomic mass is 15.1. The third-order valence-corrected chi connectivity index (χ3v) is 6.19. The molecule has 1 heteroatoms. The molecule has 1 aliphatic rings. The maximum absolute atomic E-state index is 2.59. The van der Waals surface area contributed by atoms with Crippen molar-refractivity contribution in [3.05, 3.63) is 114 Å². The zero-order valence-corrected chi connectivity index (χ0v) is 16.7. The minimum Gasteiger partial charge on any atom is -0.299 e. The second kappa shape index (κ2) is 8.58. The van der Waals surface area contributed by atoms with Gasteiger partial charge in [-0.05, 0) is 41.6 Å². The van der Waals surface area contributed by atoms with Crippen LogP contribution in [0.2, 0.25) is 0 Å². The van der Waals surface area contributed by atoms with E-state index in [9.17, 15) is 0 Å². The predicted octanol–water partition coefficient (Wildman–Crippen LogP) is 6.17. The third-order valence-electron chi connectivity index (χ3n) is 6.19. The Labute approximate surface area is 169 Å². The van der Waals surface area contributed by atoms with E-state index in [1.807, 2.05) is 0 Å². The fourth-order valence-electron chi connectivity index (χ4n) is 4.28. The summed E-state index contributed by atoms with van der Waals surface area (Å²) in [6.07, 6.45) is 4.67. The van der Waals surface area contributed by atoms with Crippen molar-refractivity contribution in [3.63, 3.8) is 0 Å². The molecule has 0 amide bonds. The van der Waals surface area contributed by atoms with Crippen LogP contribution in [0.15, 0.2) is 97.1 Å². The summed E-state index contributed by atoms with van der Waals surface area (Å²) in [4.78, 5) is 2.59. The lowest BCUT2D eigenvalue weighted by Gasteiger charge is -2.35. The van der Waals surface area contributed by atoms with Crippen molar-refractivity contribution in [1.29, 1.82) is 0 Å². The van der Waals surface area contributed by atoms with Crippen LogP contribution in [0.25, 0.3) is 5.57 Å². The maximum atomic E-state index is 2.59. The Balaban J connectivity index is 1.48. The molecule has 28 heavy (non-hydrogen) atoms. The van der Waals surface area contributed by atoms with Gasteiger partial charge in [-0.3, -0.25) is 4.90 Å². The molecular formula is C27H29N. The standard InChI is InChI=1S/C27H29N/c1-27(25-13-7-3-8-14-25,26-15-9-4-10-16-26)19-22-28-20-17-24(18-21-28)23-11-5-2-6-12-23/h2-17H,18-22H2,1H3. The van der Waals surface area contributed by atoms with E-state index < -0.39 is 0 Å². The lowest BCUT2D eigenvalue weighted by Crippen LogP contribution is -2.34. The quantitative estimate of drug-likeness (QED) is 0.503. The Kier molecular flexibility index (Phi) is 5.73. The molecule has 0 bridgehead atoms. The Morgan fingerprint density at radius 1 is 0.750 bits per heavy atom. The topological polar surface area (TPSA) is 3.24 Å². The van der Waals surface area contributed by atoms with Gasteiger partial charge in [0.05, 0.1) is 0 Å². The third kappa shape index (κ3) is 4.10. The molecule has 0 aromatic heterocycles. The molecule has 0 saturated heterocycles. The molecule has 3 aromatic rings. The summed E-state index contributed by atoms with van der Waals surface area (Å²) < 4.78 is 0. The van der Waals surface area contributed by atoms with Crippen molar-refractivity contribution in [2.45, 2.75) is 25.2 Å². The lowest BCUT2D eigenvalue weighted by atomic mass is 9.73. The summed E-state index contributed by atoms with van der Waals surface area (Å²) >= 11 is 0. The van der Waals surface area contributed by atoms with Gasteiger partial charge in [0.1, 0.15) is 0 Å². The monoisotopic (exact) mass is 367 g/mol. The van der Waals surface area contributed by atoms with E-state index in [1.54, 1.807) is 0 Å². The van der Waals surface area contributed by atoms with Crippen LogP contribution in [0, 0.1) is 0 Å². The fourth-order valence-corrected chi connectivity index (χ4v) is 4.28. The smallest absolute Gasteiger partial charge is 0.0186 e. The summed E-state index contributed by atoms with van der Waals surface area (Å²) in [6.45, 7) is 5.69. The largest absolute Gasteiger partial charge is 0.299 e. The number of benzene rings is 3. The molecule has 0 fully saturated rings. The first-order valence-corrected chi connectivity index (χ1v) is 10.3. The Morgan fingerprint density at radius 2 is 1.29 bits per heavy atom. The molecule has 1 heterocycles. The van der Waals surface area contributed by atoms with Crippen LogP contribution in [-0.4, -0.2) is 24.5 Å². The zero-order valence-electron chi connectivity index (χ0n) is 16.7.